The predicted molar refractivity (Wildman–Crippen MR) is 120 cm³/mol. The van der Waals surface area contributed by atoms with Gasteiger partial charge in [0.25, 0.3) is 5.91 Å². The molecule has 12 heteroatoms. The Hall–Kier alpha value is -3.98. The van der Waals surface area contributed by atoms with Gasteiger partial charge >= 0.3 is 6.18 Å². The normalized spacial score (nSPS) is 16.1. The quantitative estimate of drug-likeness (QED) is 0.402. The number of halogens is 5. The monoisotopic (exact) mass is 505 g/mol. The molecule has 0 spiro atoms. The molecule has 0 radical (unpaired) electrons. The number of aromatic nitrogens is 2. The molecule has 188 valence electrons. The van der Waals surface area contributed by atoms with Crippen molar-refractivity contribution in [3.63, 3.8) is 0 Å². The number of amides is 1. The minimum atomic E-state index is -5.10. The number of benzene rings is 2. The summed E-state index contributed by atoms with van der Waals surface area (Å²) in [6.07, 6.45) is -3.97. The molecule has 2 heterocycles. The van der Waals surface area contributed by atoms with E-state index in [2.05, 4.69) is 9.83 Å². The minimum absolute atomic E-state index is 0.0455. The Morgan fingerprint density at radius 1 is 1.19 bits per heavy atom. The molecule has 0 unspecified atom stereocenters. The Bertz CT molecular complexity index is 1360. The first-order chi connectivity index (χ1) is 17.0. The number of piperidine rings is 1. The lowest BCUT2D eigenvalue weighted by atomic mass is 10.1. The van der Waals surface area contributed by atoms with Crippen LogP contribution in [0.25, 0.3) is 21.9 Å². The van der Waals surface area contributed by atoms with Gasteiger partial charge in [-0.25, -0.2) is 18.6 Å². The highest BCUT2D eigenvalue weighted by Crippen LogP contribution is 2.39. The highest BCUT2D eigenvalue weighted by molar-refractivity contribution is 5.95. The number of imidazole rings is 1. The van der Waals surface area contributed by atoms with Crippen LogP contribution in [0.2, 0.25) is 0 Å². The summed E-state index contributed by atoms with van der Waals surface area (Å²) in [6, 6.07) is 5.83. The topological polar surface area (TPSA) is 77.7 Å². The molecule has 0 bridgehead atoms. The first kappa shape index (κ1) is 25.1. The Balaban J connectivity index is 2.00. The maximum atomic E-state index is 14.5. The summed E-state index contributed by atoms with van der Waals surface area (Å²) in [5.74, 6) is -3.59. The largest absolute Gasteiger partial charge is 0.494 e. The summed E-state index contributed by atoms with van der Waals surface area (Å²) in [5.41, 5.74) is 2.75. The molecular formula is C24H20F5N5O2. The highest BCUT2D eigenvalue weighted by atomic mass is 19.4. The van der Waals surface area contributed by atoms with E-state index in [1.165, 1.54) is 18.1 Å². The molecule has 0 aliphatic carbocycles. The molecule has 2 N–H and O–H groups in total. The molecule has 1 aliphatic heterocycles. The van der Waals surface area contributed by atoms with Crippen molar-refractivity contribution in [3.8, 4) is 22.8 Å². The highest BCUT2D eigenvalue weighted by Gasteiger charge is 2.44. The third-order valence-electron chi connectivity index (χ3n) is 5.81. The molecule has 1 atom stereocenters. The van der Waals surface area contributed by atoms with Crippen molar-refractivity contribution in [1.29, 1.82) is 0 Å². The van der Waals surface area contributed by atoms with Crippen molar-refractivity contribution in [2.75, 3.05) is 20.2 Å². The minimum Gasteiger partial charge on any atom is -0.494 e. The molecule has 7 nitrogen and oxygen atoms in total. The number of carbonyl (C=O) groups excluding carboxylic acids is 1. The van der Waals surface area contributed by atoms with Crippen LogP contribution in [-0.4, -0.2) is 46.6 Å². The lowest BCUT2D eigenvalue weighted by molar-refractivity contribution is -0.142. The van der Waals surface area contributed by atoms with Gasteiger partial charge < -0.3 is 15.4 Å². The summed E-state index contributed by atoms with van der Waals surface area (Å²) in [7, 11) is 1.20. The maximum absolute atomic E-state index is 14.5. The molecule has 4 rings (SSSR count). The Morgan fingerprint density at radius 3 is 2.53 bits per heavy atom. The molecule has 1 saturated heterocycles. The zero-order valence-electron chi connectivity index (χ0n) is 18.9. The van der Waals surface area contributed by atoms with Crippen LogP contribution in [0.4, 0.5) is 27.6 Å². The van der Waals surface area contributed by atoms with Crippen LogP contribution in [0, 0.1) is 18.2 Å². The first-order valence-corrected chi connectivity index (χ1v) is 10.8. The molecule has 1 fully saturated rings. The van der Waals surface area contributed by atoms with Gasteiger partial charge in [0, 0.05) is 30.8 Å². The molecule has 1 amide bonds. The fourth-order valence-electron chi connectivity index (χ4n) is 4.15. The number of hydrogen-bond donors (Lipinski definition) is 1. The van der Waals surface area contributed by atoms with Crippen molar-refractivity contribution in [2.45, 2.75) is 25.1 Å². The van der Waals surface area contributed by atoms with E-state index >= 15 is 0 Å². The fourth-order valence-corrected chi connectivity index (χ4v) is 4.15. The van der Waals surface area contributed by atoms with Crippen LogP contribution in [0.3, 0.4) is 0 Å². The van der Waals surface area contributed by atoms with Gasteiger partial charge in [-0.1, -0.05) is 12.1 Å². The zero-order chi connectivity index (χ0) is 26.2. The van der Waals surface area contributed by atoms with Crippen LogP contribution in [0.15, 0.2) is 36.4 Å². The number of rotatable bonds is 4. The SMILES string of the molecule is [C-]#[N+]c1ccc(-c2nc(C(=O)N3CCC[C@@H](N)C3)c(C(F)(F)F)n2-c2ccc(OC)c(F)c2)cc1F. The van der Waals surface area contributed by atoms with Crippen LogP contribution >= 0.6 is 0 Å². The zero-order valence-corrected chi connectivity index (χ0v) is 18.9. The van der Waals surface area contributed by atoms with Crippen molar-refractivity contribution in [1.82, 2.24) is 14.5 Å². The van der Waals surface area contributed by atoms with Gasteiger partial charge in [-0.05, 0) is 31.0 Å². The lowest BCUT2D eigenvalue weighted by Gasteiger charge is -2.30. The van der Waals surface area contributed by atoms with E-state index in [1.54, 1.807) is 0 Å². The number of carbonyl (C=O) groups is 1. The number of likely N-dealkylation sites (tertiary alicyclic amines) is 1. The molecule has 1 aliphatic rings. The standard InChI is InChI=1S/C24H20F5N5O2/c1-31-18-7-5-13(10-16(18)25)22-32-20(23(35)33-9-3-4-14(30)12-33)21(24(27,28)29)34(22)15-6-8-19(36-2)17(26)11-15/h5-8,10-11,14H,3-4,9,12,30H2,2H3/t14-/m1/s1. The van der Waals surface area contributed by atoms with E-state index in [4.69, 9.17) is 17.0 Å². The Morgan fingerprint density at radius 2 is 1.94 bits per heavy atom. The van der Waals surface area contributed by atoms with E-state index in [0.29, 0.717) is 17.4 Å². The van der Waals surface area contributed by atoms with Crippen molar-refractivity contribution < 1.29 is 31.5 Å². The van der Waals surface area contributed by atoms with Gasteiger partial charge in [0.2, 0.25) is 5.69 Å². The molecular weight excluding hydrogens is 485 g/mol. The van der Waals surface area contributed by atoms with E-state index in [1.807, 2.05) is 0 Å². The third-order valence-corrected chi connectivity index (χ3v) is 5.81. The Labute approximate surface area is 202 Å². The van der Waals surface area contributed by atoms with Crippen molar-refractivity contribution >= 4 is 11.6 Å². The Kier molecular flexibility index (Phi) is 6.69. The molecule has 0 saturated carbocycles. The van der Waals surface area contributed by atoms with E-state index in [0.717, 1.165) is 30.3 Å². The van der Waals surface area contributed by atoms with Crippen LogP contribution in [0.5, 0.6) is 5.75 Å². The number of alkyl halides is 3. The van der Waals surface area contributed by atoms with Gasteiger partial charge in [-0.15, -0.1) is 0 Å². The molecule has 3 aromatic rings. The molecule has 1 aromatic heterocycles. The number of methoxy groups -OCH3 is 1. The first-order valence-electron chi connectivity index (χ1n) is 10.8. The van der Waals surface area contributed by atoms with Gasteiger partial charge in [0.05, 0.1) is 19.4 Å². The second-order valence-electron chi connectivity index (χ2n) is 8.22. The summed E-state index contributed by atoms with van der Waals surface area (Å²) in [4.78, 5) is 21.5. The van der Waals surface area contributed by atoms with E-state index < -0.39 is 47.0 Å². The van der Waals surface area contributed by atoms with Gasteiger partial charge in [-0.2, -0.15) is 13.2 Å². The van der Waals surface area contributed by atoms with Gasteiger partial charge in [-0.3, -0.25) is 9.36 Å². The van der Waals surface area contributed by atoms with Crippen LogP contribution in [0.1, 0.15) is 29.0 Å². The second kappa shape index (κ2) is 9.58. The lowest BCUT2D eigenvalue weighted by Crippen LogP contribution is -2.46. The third kappa shape index (κ3) is 4.61. The molecule has 36 heavy (non-hydrogen) atoms. The van der Waals surface area contributed by atoms with Gasteiger partial charge in [0.1, 0.15) is 11.6 Å². The second-order valence-corrected chi connectivity index (χ2v) is 8.22. The van der Waals surface area contributed by atoms with Gasteiger partial charge in [0.15, 0.2) is 23.0 Å². The average Bonchev–Trinajstić information content (AvgIpc) is 3.25. The van der Waals surface area contributed by atoms with E-state index in [9.17, 15) is 26.7 Å². The summed E-state index contributed by atoms with van der Waals surface area (Å²) in [5, 5.41) is 0. The number of hydrogen-bond acceptors (Lipinski definition) is 4. The van der Waals surface area contributed by atoms with Crippen LogP contribution in [-0.2, 0) is 6.18 Å². The number of nitrogens with zero attached hydrogens (tertiary/aromatic N) is 4. The average molecular weight is 505 g/mol. The maximum Gasteiger partial charge on any atom is 0.434 e. The smallest absolute Gasteiger partial charge is 0.434 e. The fraction of sp³-hybridized carbons (Fsp3) is 0.292. The van der Waals surface area contributed by atoms with Crippen molar-refractivity contribution in [3.05, 3.63) is 70.8 Å². The summed E-state index contributed by atoms with van der Waals surface area (Å²) >= 11 is 0. The summed E-state index contributed by atoms with van der Waals surface area (Å²) in [6.45, 7) is 7.24. The van der Waals surface area contributed by atoms with Crippen molar-refractivity contribution in [2.24, 2.45) is 5.73 Å². The summed E-state index contributed by atoms with van der Waals surface area (Å²) < 4.78 is 77.8. The number of ether oxygens (including phenoxy) is 1. The predicted octanol–water partition coefficient (Wildman–Crippen LogP) is 4.96. The number of nitrogens with two attached hydrogens (primary N) is 1. The van der Waals surface area contributed by atoms with E-state index in [-0.39, 0.29) is 35.8 Å². The van der Waals surface area contributed by atoms with Crippen LogP contribution < -0.4 is 10.5 Å². The molecule has 2 aromatic carbocycles.